The molecule has 0 amide bonds. The third-order valence-corrected chi connectivity index (χ3v) is 3.43. The second kappa shape index (κ2) is 4.24. The molecule has 0 spiro atoms. The van der Waals surface area contributed by atoms with E-state index in [0.29, 0.717) is 4.41 Å². The molecular formula is C7H5F3N6O2S. The first-order valence-electron chi connectivity index (χ1n) is 4.76. The lowest BCUT2D eigenvalue weighted by atomic mass is 9.98. The van der Waals surface area contributed by atoms with Crippen LogP contribution >= 0.6 is 0 Å². The summed E-state index contributed by atoms with van der Waals surface area (Å²) < 4.78 is 63.2. The Morgan fingerprint density at radius 2 is 2.16 bits per heavy atom. The summed E-state index contributed by atoms with van der Waals surface area (Å²) in [5, 5.41) is 6.65. The highest BCUT2D eigenvalue weighted by molar-refractivity contribution is 7.87. The van der Waals surface area contributed by atoms with E-state index in [0.717, 1.165) is 12.2 Å². The lowest BCUT2D eigenvalue weighted by Crippen LogP contribution is -2.27. The number of halogens is 3. The van der Waals surface area contributed by atoms with Gasteiger partial charge >= 0.3 is 16.4 Å². The lowest BCUT2D eigenvalue weighted by Gasteiger charge is -2.20. The molecule has 0 aromatic carbocycles. The third-order valence-electron chi connectivity index (χ3n) is 2.43. The van der Waals surface area contributed by atoms with Crippen LogP contribution in [0.15, 0.2) is 38.3 Å². The average Bonchev–Trinajstić information content (AvgIpc) is 2.70. The zero-order valence-corrected chi connectivity index (χ0v) is 9.80. The summed E-state index contributed by atoms with van der Waals surface area (Å²) in [5.74, 6) is 0. The Bertz CT molecular complexity index is 642. The van der Waals surface area contributed by atoms with E-state index in [-0.39, 0.29) is 5.70 Å². The molecule has 0 N–H and O–H groups in total. The van der Waals surface area contributed by atoms with Crippen molar-refractivity contribution in [2.45, 2.75) is 18.6 Å². The van der Waals surface area contributed by atoms with E-state index in [4.69, 9.17) is 5.53 Å². The Labute approximate surface area is 104 Å². The fraction of sp³-hybridized carbons (Fsp3) is 0.429. The van der Waals surface area contributed by atoms with E-state index < -0.39 is 34.4 Å². The minimum Gasteiger partial charge on any atom is -0.196 e. The normalized spacial score (nSPS) is 22.5. The highest BCUT2D eigenvalue weighted by atomic mass is 32.2. The molecule has 2 rings (SSSR count). The SMILES string of the molecule is [N-]=[N+]=NS(=O)(=O)N1N=NC2CC(C(F)(F)F)=CC=C21. The number of allylic oxidation sites excluding steroid dienone is 2. The minimum atomic E-state index is -4.51. The van der Waals surface area contributed by atoms with Crippen LogP contribution in [0.5, 0.6) is 0 Å². The molecule has 8 nitrogen and oxygen atoms in total. The van der Waals surface area contributed by atoms with Crippen molar-refractivity contribution in [3.8, 4) is 0 Å². The monoisotopic (exact) mass is 294 g/mol. The van der Waals surface area contributed by atoms with Crippen molar-refractivity contribution in [3.05, 3.63) is 33.9 Å². The standard InChI is InChI=1S/C7H5F3N6O2S/c8-7(9,10)4-1-2-6-5(3-4)12-14-16(6)19(17,18)15-13-11/h1-2,5H,3H2. The van der Waals surface area contributed by atoms with E-state index >= 15 is 0 Å². The summed E-state index contributed by atoms with van der Waals surface area (Å²) in [6, 6.07) is -1.05. The van der Waals surface area contributed by atoms with Gasteiger partial charge in [-0.2, -0.15) is 26.7 Å². The van der Waals surface area contributed by atoms with Gasteiger partial charge in [0.25, 0.3) is 0 Å². The van der Waals surface area contributed by atoms with Crippen LogP contribution in [0.4, 0.5) is 13.2 Å². The summed E-state index contributed by atoms with van der Waals surface area (Å²) in [5.41, 5.74) is 7.19. The molecule has 2 aliphatic rings. The number of azide groups is 1. The number of hydrogen-bond acceptors (Lipinski definition) is 4. The zero-order chi connectivity index (χ0) is 14.3. The molecular weight excluding hydrogens is 289 g/mol. The zero-order valence-electron chi connectivity index (χ0n) is 8.98. The summed E-state index contributed by atoms with van der Waals surface area (Å²) in [6.45, 7) is 0. The number of fused-ring (bicyclic) bond motifs is 1. The van der Waals surface area contributed by atoms with Crippen molar-refractivity contribution in [1.82, 2.24) is 4.41 Å². The van der Waals surface area contributed by atoms with E-state index in [2.05, 4.69) is 19.8 Å². The Hall–Kier alpha value is -2.07. The van der Waals surface area contributed by atoms with E-state index in [1.807, 2.05) is 0 Å². The van der Waals surface area contributed by atoms with Gasteiger partial charge in [-0.1, -0.05) is 11.3 Å². The minimum absolute atomic E-state index is 0.0830. The van der Waals surface area contributed by atoms with Gasteiger partial charge in [-0.05, 0) is 11.6 Å². The first-order valence-corrected chi connectivity index (χ1v) is 6.16. The van der Waals surface area contributed by atoms with Crippen LogP contribution in [0.2, 0.25) is 0 Å². The van der Waals surface area contributed by atoms with Crippen molar-refractivity contribution in [1.29, 1.82) is 0 Å². The molecule has 0 aromatic heterocycles. The Balaban J connectivity index is 2.37. The van der Waals surface area contributed by atoms with Crippen LogP contribution in [0.3, 0.4) is 0 Å². The van der Waals surface area contributed by atoms with Crippen LogP contribution < -0.4 is 0 Å². The van der Waals surface area contributed by atoms with E-state index in [1.54, 1.807) is 0 Å². The third kappa shape index (κ3) is 2.39. The Morgan fingerprint density at radius 3 is 2.74 bits per heavy atom. The molecule has 0 radical (unpaired) electrons. The molecule has 1 unspecified atom stereocenters. The summed E-state index contributed by atoms with van der Waals surface area (Å²) >= 11 is 0. The van der Waals surface area contributed by atoms with Gasteiger partial charge in [-0.25, -0.2) is 0 Å². The van der Waals surface area contributed by atoms with Crippen molar-refractivity contribution in [2.24, 2.45) is 14.9 Å². The van der Waals surface area contributed by atoms with Crippen molar-refractivity contribution in [2.75, 3.05) is 0 Å². The summed E-state index contributed by atoms with van der Waals surface area (Å²) in [7, 11) is -4.43. The molecule has 1 heterocycles. The molecule has 1 aliphatic heterocycles. The van der Waals surface area contributed by atoms with E-state index in [1.165, 1.54) is 0 Å². The molecule has 1 aliphatic carbocycles. The van der Waals surface area contributed by atoms with E-state index in [9.17, 15) is 21.6 Å². The summed E-state index contributed by atoms with van der Waals surface area (Å²) in [6.07, 6.45) is -3.32. The van der Waals surface area contributed by atoms with Crippen LogP contribution in [0, 0.1) is 0 Å². The topological polar surface area (TPSA) is 111 Å². The molecule has 0 bridgehead atoms. The number of nitrogens with zero attached hydrogens (tertiary/aromatic N) is 6. The maximum atomic E-state index is 12.5. The van der Waals surface area contributed by atoms with Gasteiger partial charge in [0, 0.05) is 16.9 Å². The first kappa shape index (κ1) is 13.4. The quantitative estimate of drug-likeness (QED) is 0.442. The molecule has 12 heteroatoms. The fourth-order valence-electron chi connectivity index (χ4n) is 1.60. The van der Waals surface area contributed by atoms with Crippen molar-refractivity contribution in [3.63, 3.8) is 0 Å². The molecule has 1 atom stereocenters. The number of rotatable bonds is 2. The first-order chi connectivity index (χ1) is 8.75. The highest BCUT2D eigenvalue weighted by Crippen LogP contribution is 2.38. The van der Waals surface area contributed by atoms with Gasteiger partial charge in [0.05, 0.1) is 10.2 Å². The molecule has 0 saturated heterocycles. The van der Waals surface area contributed by atoms with Gasteiger partial charge in [0.1, 0.15) is 6.04 Å². The molecule has 102 valence electrons. The predicted molar refractivity (Wildman–Crippen MR) is 55.4 cm³/mol. The molecule has 0 fully saturated rings. The number of alkyl halides is 3. The van der Waals surface area contributed by atoms with Gasteiger partial charge in [0.15, 0.2) is 0 Å². The fourth-order valence-corrected chi connectivity index (χ4v) is 2.35. The second-order valence-corrected chi connectivity index (χ2v) is 5.00. The van der Waals surface area contributed by atoms with Crippen LogP contribution in [-0.4, -0.2) is 25.1 Å². The average molecular weight is 294 g/mol. The van der Waals surface area contributed by atoms with Crippen LogP contribution in [0.25, 0.3) is 10.4 Å². The van der Waals surface area contributed by atoms with Crippen molar-refractivity contribution >= 4 is 10.2 Å². The van der Waals surface area contributed by atoms with Crippen LogP contribution in [0.1, 0.15) is 6.42 Å². The maximum Gasteiger partial charge on any atom is 0.412 e. The maximum absolute atomic E-state index is 12.5. The largest absolute Gasteiger partial charge is 0.412 e. The Kier molecular flexibility index (Phi) is 2.98. The molecule has 0 saturated carbocycles. The Morgan fingerprint density at radius 1 is 1.47 bits per heavy atom. The molecule has 0 aromatic rings. The molecule has 19 heavy (non-hydrogen) atoms. The number of hydrogen-bond donors (Lipinski definition) is 0. The van der Waals surface area contributed by atoms with Gasteiger partial charge in [-0.15, -0.1) is 4.41 Å². The van der Waals surface area contributed by atoms with Gasteiger partial charge < -0.3 is 0 Å². The highest BCUT2D eigenvalue weighted by Gasteiger charge is 2.42. The van der Waals surface area contributed by atoms with Crippen LogP contribution in [-0.2, 0) is 10.2 Å². The second-order valence-electron chi connectivity index (χ2n) is 3.60. The lowest BCUT2D eigenvalue weighted by molar-refractivity contribution is -0.0944. The van der Waals surface area contributed by atoms with Gasteiger partial charge in [0.2, 0.25) is 0 Å². The van der Waals surface area contributed by atoms with Crippen molar-refractivity contribution < 1.29 is 21.6 Å². The summed E-state index contributed by atoms with van der Waals surface area (Å²) in [4.78, 5) is 2.11. The predicted octanol–water partition coefficient (Wildman–Crippen LogP) is 2.37. The van der Waals surface area contributed by atoms with Gasteiger partial charge in [-0.3, -0.25) is 0 Å². The smallest absolute Gasteiger partial charge is 0.196 e.